The number of carbonyl (C=O) groups excluding carboxylic acids is 6. The number of phenols is 1. The summed E-state index contributed by atoms with van der Waals surface area (Å²) in [7, 11) is 2.95. The Bertz CT molecular complexity index is 1510. The number of ketones is 4. The molecule has 0 radical (unpaired) electrons. The van der Waals surface area contributed by atoms with Gasteiger partial charge in [0.2, 0.25) is 11.8 Å². The van der Waals surface area contributed by atoms with Gasteiger partial charge in [-0.25, -0.2) is 8.78 Å². The highest BCUT2D eigenvalue weighted by Gasteiger charge is 2.69. The van der Waals surface area contributed by atoms with Gasteiger partial charge in [0.15, 0.2) is 34.7 Å². The maximum absolute atomic E-state index is 16.1. The zero-order chi connectivity index (χ0) is 31.3. The highest BCUT2D eigenvalue weighted by atomic mass is 19.1. The molecule has 2 amide bonds. The van der Waals surface area contributed by atoms with Crippen molar-refractivity contribution >= 4 is 34.9 Å². The molecule has 12 nitrogen and oxygen atoms in total. The largest absolute Gasteiger partial charge is 0.507 e. The maximum atomic E-state index is 16.1. The maximum Gasteiger partial charge on any atom is 0.237 e. The third-order valence-electron chi connectivity index (χ3n) is 10.00. The second-order valence-corrected chi connectivity index (χ2v) is 12.6. The summed E-state index contributed by atoms with van der Waals surface area (Å²) in [5.41, 5.74) is 1.91. The lowest BCUT2D eigenvalue weighted by molar-refractivity contribution is -0.181. The molecule has 7 atom stereocenters. The van der Waals surface area contributed by atoms with E-state index in [2.05, 4.69) is 0 Å². The van der Waals surface area contributed by atoms with Crippen molar-refractivity contribution in [1.82, 2.24) is 14.7 Å². The summed E-state index contributed by atoms with van der Waals surface area (Å²) in [5, 5.41) is 22.9. The van der Waals surface area contributed by atoms with E-state index in [0.717, 1.165) is 0 Å². The van der Waals surface area contributed by atoms with Crippen LogP contribution in [0, 0.1) is 29.5 Å². The third kappa shape index (κ3) is 4.09. The number of aliphatic hydroxyl groups is 1. The summed E-state index contributed by atoms with van der Waals surface area (Å²) in [6, 6.07) is -1.26. The number of amides is 2. The van der Waals surface area contributed by atoms with E-state index < -0.39 is 93.6 Å². The number of fused-ring (bicyclic) bond motifs is 4. The number of hydrogen-bond donors (Lipinski definition) is 3. The van der Waals surface area contributed by atoms with Crippen molar-refractivity contribution in [3.05, 3.63) is 28.1 Å². The molecule has 3 aliphatic carbocycles. The fourth-order valence-corrected chi connectivity index (χ4v) is 7.97. The van der Waals surface area contributed by atoms with Crippen LogP contribution < -0.4 is 5.73 Å². The van der Waals surface area contributed by atoms with Gasteiger partial charge in [-0.15, -0.1) is 0 Å². The topological polar surface area (TPSA) is 179 Å². The van der Waals surface area contributed by atoms with Gasteiger partial charge in [-0.05, 0) is 39.3 Å². The number of carbonyl (C=O) groups is 6. The molecule has 230 valence electrons. The smallest absolute Gasteiger partial charge is 0.237 e. The fourth-order valence-electron chi connectivity index (χ4n) is 7.97. The second-order valence-electron chi connectivity index (χ2n) is 12.6. The normalized spacial score (nSPS) is 33.9. The molecule has 43 heavy (non-hydrogen) atoms. The van der Waals surface area contributed by atoms with Crippen LogP contribution in [0.2, 0.25) is 0 Å². The monoisotopic (exact) mass is 602 g/mol. The van der Waals surface area contributed by atoms with Crippen molar-refractivity contribution in [1.29, 1.82) is 0 Å². The summed E-state index contributed by atoms with van der Waals surface area (Å²) in [6.07, 6.45) is -1.12. The third-order valence-corrected chi connectivity index (χ3v) is 10.00. The Hall–Kier alpha value is -3.62. The number of alkyl halides is 1. The number of nitrogens with two attached hydrogens (primary N) is 1. The van der Waals surface area contributed by atoms with Crippen molar-refractivity contribution in [2.24, 2.45) is 29.4 Å². The van der Waals surface area contributed by atoms with E-state index in [-0.39, 0.29) is 55.7 Å². The van der Waals surface area contributed by atoms with Gasteiger partial charge in [0.05, 0.1) is 30.6 Å². The molecule has 5 aliphatic rings. The number of aromatic hydroxyl groups is 1. The number of primary amides is 1. The highest BCUT2D eigenvalue weighted by Crippen LogP contribution is 2.52. The van der Waals surface area contributed by atoms with Crippen LogP contribution in [-0.4, -0.2) is 111 Å². The van der Waals surface area contributed by atoms with Gasteiger partial charge in [-0.1, -0.05) is 0 Å². The summed E-state index contributed by atoms with van der Waals surface area (Å²) in [5.74, 6) is -13.5. The van der Waals surface area contributed by atoms with Crippen molar-refractivity contribution in [2.45, 2.75) is 50.2 Å². The summed E-state index contributed by atoms with van der Waals surface area (Å²) in [6.45, 7) is 0.0623. The van der Waals surface area contributed by atoms with Crippen molar-refractivity contribution in [3.8, 4) is 5.75 Å². The van der Waals surface area contributed by atoms with E-state index >= 15 is 4.39 Å². The number of Topliss-reactive ketones (excluding diaryl/α,β-unsaturated/α-hetero) is 4. The molecule has 2 unspecified atom stereocenters. The molecule has 4 N–H and O–H groups in total. The van der Waals surface area contributed by atoms with E-state index in [0.29, 0.717) is 13.0 Å². The molecule has 6 rings (SSSR count). The lowest BCUT2D eigenvalue weighted by Crippen LogP contribution is -2.74. The SMILES string of the molecule is CN(C)[C@@H]1C(=O)C(C(N)=O)C(=O)[C@@]2(O)C(=O)C3C(=O)c4c(O)c5c(c(F)c4C[C@H]3C[C@@H]12)CN(C(=O)CN1CC[C@H](F)C1)C5. The first kappa shape index (κ1) is 29.5. The fraction of sp³-hybridized carbons (Fsp3) is 0.586. The number of likely N-dealkylation sites (N-methyl/N-ethyl adjacent to an activating group) is 1. The standard InChI is InChI=1S/C29H32F2N4O8/c1-33(2)22-16-6-11-5-13-19(24(38)18(11)26(40)29(16,43)27(41)20(25(22)39)28(32)42)23(37)15-9-35(8-14(15)21(13)31)17(36)10-34-4-3-12(30)7-34/h11-12,16,18,20,22,37,43H,3-10H2,1-2H3,(H2,32,42)/t11-,12-,16-,18?,20?,22-,29-/m0/s1. The molecule has 0 aromatic heterocycles. The number of halogens is 2. The van der Waals surface area contributed by atoms with Crippen LogP contribution >= 0.6 is 0 Å². The number of phenolic OH excluding ortho intramolecular Hbond substituents is 1. The van der Waals surface area contributed by atoms with Gasteiger partial charge in [-0.3, -0.25) is 38.6 Å². The average molecular weight is 603 g/mol. The van der Waals surface area contributed by atoms with E-state index in [4.69, 9.17) is 5.73 Å². The van der Waals surface area contributed by atoms with Crippen molar-refractivity contribution < 1.29 is 47.8 Å². The lowest BCUT2D eigenvalue weighted by Gasteiger charge is -2.52. The number of benzene rings is 1. The van der Waals surface area contributed by atoms with Crippen molar-refractivity contribution in [3.63, 3.8) is 0 Å². The average Bonchev–Trinajstić information content (AvgIpc) is 3.55. The first-order valence-electron chi connectivity index (χ1n) is 14.2. The van der Waals surface area contributed by atoms with E-state index in [9.17, 15) is 43.4 Å². The predicted octanol–water partition coefficient (Wildman–Crippen LogP) is -1.11. The minimum atomic E-state index is -2.88. The van der Waals surface area contributed by atoms with Gasteiger partial charge >= 0.3 is 0 Å². The molecule has 1 saturated heterocycles. The molecule has 3 fully saturated rings. The minimum Gasteiger partial charge on any atom is -0.507 e. The van der Waals surface area contributed by atoms with Gasteiger partial charge in [-0.2, -0.15) is 0 Å². The van der Waals surface area contributed by atoms with Gasteiger partial charge in [0.25, 0.3) is 0 Å². The zero-order valence-corrected chi connectivity index (χ0v) is 23.6. The Morgan fingerprint density at radius 3 is 2.37 bits per heavy atom. The Kier molecular flexibility index (Phi) is 6.82. The number of likely N-dealkylation sites (tertiary alicyclic amines) is 1. The molecule has 2 saturated carbocycles. The first-order valence-corrected chi connectivity index (χ1v) is 14.2. The molecule has 1 aromatic carbocycles. The van der Waals surface area contributed by atoms with Crippen LogP contribution in [0.1, 0.15) is 39.9 Å². The quantitative estimate of drug-likeness (QED) is 0.358. The number of rotatable bonds is 4. The Balaban J connectivity index is 1.36. The first-order chi connectivity index (χ1) is 20.2. The van der Waals surface area contributed by atoms with Crippen LogP contribution in [-0.2, 0) is 43.5 Å². The zero-order valence-electron chi connectivity index (χ0n) is 23.6. The molecule has 2 heterocycles. The van der Waals surface area contributed by atoms with Gasteiger partial charge in [0, 0.05) is 42.2 Å². The van der Waals surface area contributed by atoms with Crippen LogP contribution in [0.15, 0.2) is 0 Å². The van der Waals surface area contributed by atoms with Crippen LogP contribution in [0.25, 0.3) is 0 Å². The number of hydrogen-bond acceptors (Lipinski definition) is 10. The van der Waals surface area contributed by atoms with Crippen LogP contribution in [0.4, 0.5) is 8.78 Å². The molecular formula is C29H32F2N4O8. The number of nitrogens with zero attached hydrogens (tertiary/aromatic N) is 3. The highest BCUT2D eigenvalue weighted by molar-refractivity contribution is 6.32. The second kappa shape index (κ2) is 9.96. The predicted molar refractivity (Wildman–Crippen MR) is 142 cm³/mol. The van der Waals surface area contributed by atoms with E-state index in [1.54, 1.807) is 4.90 Å². The summed E-state index contributed by atoms with van der Waals surface area (Å²) in [4.78, 5) is 83.7. The molecule has 14 heteroatoms. The summed E-state index contributed by atoms with van der Waals surface area (Å²) < 4.78 is 29.7. The molecule has 1 aromatic rings. The minimum absolute atomic E-state index is 0.0156. The van der Waals surface area contributed by atoms with E-state index in [1.807, 2.05) is 0 Å². The van der Waals surface area contributed by atoms with Crippen LogP contribution in [0.5, 0.6) is 5.75 Å². The van der Waals surface area contributed by atoms with E-state index in [1.165, 1.54) is 23.9 Å². The molecule has 0 spiro atoms. The Morgan fingerprint density at radius 2 is 1.77 bits per heavy atom. The molecule has 2 aliphatic heterocycles. The molecule has 0 bridgehead atoms. The Morgan fingerprint density at radius 1 is 1.09 bits per heavy atom. The van der Waals surface area contributed by atoms with Crippen LogP contribution in [0.3, 0.4) is 0 Å². The Labute approximate surface area is 244 Å². The summed E-state index contributed by atoms with van der Waals surface area (Å²) >= 11 is 0. The van der Waals surface area contributed by atoms with Gasteiger partial charge in [0.1, 0.15) is 17.7 Å². The molecular weight excluding hydrogens is 570 g/mol. The lowest BCUT2D eigenvalue weighted by atomic mass is 9.52. The van der Waals surface area contributed by atoms with Gasteiger partial charge < -0.3 is 20.8 Å². The van der Waals surface area contributed by atoms with Crippen molar-refractivity contribution in [2.75, 3.05) is 33.7 Å².